The first-order chi connectivity index (χ1) is 10.1. The van der Waals surface area contributed by atoms with Gasteiger partial charge in [0.15, 0.2) is 5.84 Å². The van der Waals surface area contributed by atoms with Crippen molar-refractivity contribution < 1.29 is 19.5 Å². The van der Waals surface area contributed by atoms with Crippen LogP contribution in [0.5, 0.6) is 0 Å². The maximum Gasteiger partial charge on any atom is 0.234 e. The molecule has 2 fully saturated rings. The number of nitrogens with one attached hydrogen (secondary N) is 1. The molecule has 2 rings (SSSR count). The molecule has 0 spiro atoms. The second kappa shape index (κ2) is 6.62. The maximum atomic E-state index is 12.6. The fourth-order valence-corrected chi connectivity index (χ4v) is 2.86. The highest BCUT2D eigenvalue weighted by Gasteiger charge is 2.47. The van der Waals surface area contributed by atoms with Crippen molar-refractivity contribution >= 4 is 11.7 Å². The van der Waals surface area contributed by atoms with Gasteiger partial charge in [-0.15, -0.1) is 0 Å². The average Bonchev–Trinajstić information content (AvgIpc) is 3.31. The van der Waals surface area contributed by atoms with E-state index in [0.29, 0.717) is 39.2 Å². The van der Waals surface area contributed by atoms with Crippen molar-refractivity contribution in [1.82, 2.24) is 5.32 Å². The van der Waals surface area contributed by atoms with Gasteiger partial charge in [0.25, 0.3) is 0 Å². The Balaban J connectivity index is 1.96. The highest BCUT2D eigenvalue weighted by molar-refractivity contribution is 6.06. The Morgan fingerprint density at radius 3 is 2.57 bits per heavy atom. The number of carbonyl (C=O) groups excluding carboxylic acids is 1. The molecule has 4 N–H and O–H groups in total. The third kappa shape index (κ3) is 3.47. The van der Waals surface area contributed by atoms with Crippen LogP contribution < -0.4 is 11.1 Å². The highest BCUT2D eigenvalue weighted by Crippen LogP contribution is 2.48. The third-order valence-corrected chi connectivity index (χ3v) is 4.80. The number of hydrogen-bond donors (Lipinski definition) is 3. The van der Waals surface area contributed by atoms with Crippen molar-refractivity contribution in [3.05, 3.63) is 0 Å². The first-order valence-corrected chi connectivity index (χ1v) is 7.42. The van der Waals surface area contributed by atoms with E-state index in [9.17, 15) is 4.79 Å². The largest absolute Gasteiger partial charge is 0.409 e. The van der Waals surface area contributed by atoms with Crippen molar-refractivity contribution in [2.75, 3.05) is 33.5 Å². The summed E-state index contributed by atoms with van der Waals surface area (Å²) in [4.78, 5) is 12.6. The molecule has 1 amide bonds. The van der Waals surface area contributed by atoms with E-state index in [1.165, 1.54) is 0 Å². The van der Waals surface area contributed by atoms with Crippen molar-refractivity contribution in [3.8, 4) is 0 Å². The van der Waals surface area contributed by atoms with Crippen LogP contribution in [-0.2, 0) is 14.3 Å². The Kier molecular flexibility index (Phi) is 5.05. The van der Waals surface area contributed by atoms with Crippen LogP contribution in [0.4, 0.5) is 0 Å². The normalized spacial score (nSPS) is 23.6. The summed E-state index contributed by atoms with van der Waals surface area (Å²) >= 11 is 0. The average molecular weight is 299 g/mol. The van der Waals surface area contributed by atoms with Gasteiger partial charge >= 0.3 is 0 Å². The molecule has 1 aliphatic heterocycles. The van der Waals surface area contributed by atoms with Gasteiger partial charge in [0.05, 0.1) is 0 Å². The van der Waals surface area contributed by atoms with Crippen LogP contribution >= 0.6 is 0 Å². The smallest absolute Gasteiger partial charge is 0.234 e. The van der Waals surface area contributed by atoms with Crippen LogP contribution in [0.2, 0.25) is 0 Å². The van der Waals surface area contributed by atoms with Gasteiger partial charge in [0.2, 0.25) is 5.91 Å². The second-order valence-corrected chi connectivity index (χ2v) is 6.11. The van der Waals surface area contributed by atoms with Crippen LogP contribution in [0.1, 0.15) is 32.1 Å². The molecule has 0 radical (unpaired) electrons. The summed E-state index contributed by atoms with van der Waals surface area (Å²) in [7, 11) is 1.68. The lowest BCUT2D eigenvalue weighted by atomic mass is 9.78. The van der Waals surface area contributed by atoms with Gasteiger partial charge < -0.3 is 25.7 Å². The van der Waals surface area contributed by atoms with E-state index < -0.39 is 5.41 Å². The number of oxime groups is 1. The molecule has 7 nitrogen and oxygen atoms in total. The number of ether oxygens (including phenoxy) is 2. The maximum absolute atomic E-state index is 12.6. The Morgan fingerprint density at radius 2 is 2.05 bits per heavy atom. The number of nitrogens with zero attached hydrogens (tertiary/aromatic N) is 1. The van der Waals surface area contributed by atoms with E-state index in [0.717, 1.165) is 19.3 Å². The molecular weight excluding hydrogens is 274 g/mol. The SMILES string of the molecule is COCCC1(CNC(=O)C2(C(N)=NO)CCOCC2)CC1. The predicted molar refractivity (Wildman–Crippen MR) is 77.1 cm³/mol. The number of carbonyl (C=O) groups is 1. The van der Waals surface area contributed by atoms with E-state index in [4.69, 9.17) is 20.4 Å². The number of hydrogen-bond acceptors (Lipinski definition) is 5. The molecule has 0 unspecified atom stereocenters. The van der Waals surface area contributed by atoms with Gasteiger partial charge in [0.1, 0.15) is 5.41 Å². The first kappa shape index (κ1) is 16.0. The molecule has 1 saturated carbocycles. The number of amidine groups is 1. The van der Waals surface area contributed by atoms with Gasteiger partial charge in [0, 0.05) is 33.5 Å². The molecule has 0 atom stereocenters. The molecular formula is C14H25N3O4. The van der Waals surface area contributed by atoms with Gasteiger partial charge in [-0.05, 0) is 37.5 Å². The lowest BCUT2D eigenvalue weighted by Gasteiger charge is -2.34. The zero-order chi connectivity index (χ0) is 15.3. The van der Waals surface area contributed by atoms with Crippen molar-refractivity contribution in [2.45, 2.75) is 32.1 Å². The summed E-state index contributed by atoms with van der Waals surface area (Å²) in [5.41, 5.74) is 5.01. The minimum absolute atomic E-state index is 0.0231. The van der Waals surface area contributed by atoms with Crippen LogP contribution in [0.25, 0.3) is 0 Å². The van der Waals surface area contributed by atoms with Gasteiger partial charge in [-0.25, -0.2) is 0 Å². The minimum atomic E-state index is -0.940. The van der Waals surface area contributed by atoms with E-state index in [2.05, 4.69) is 10.5 Å². The zero-order valence-electron chi connectivity index (χ0n) is 12.6. The van der Waals surface area contributed by atoms with E-state index in [1.54, 1.807) is 7.11 Å². The predicted octanol–water partition coefficient (Wildman–Crippen LogP) is 0.463. The summed E-state index contributed by atoms with van der Waals surface area (Å²) in [5, 5.41) is 15.1. The molecule has 21 heavy (non-hydrogen) atoms. The Hall–Kier alpha value is -1.34. The van der Waals surface area contributed by atoms with Crippen molar-refractivity contribution in [3.63, 3.8) is 0 Å². The molecule has 0 bridgehead atoms. The van der Waals surface area contributed by atoms with Gasteiger partial charge in [-0.2, -0.15) is 0 Å². The zero-order valence-corrected chi connectivity index (χ0v) is 12.6. The summed E-state index contributed by atoms with van der Waals surface area (Å²) in [6.07, 6.45) is 4.05. The van der Waals surface area contributed by atoms with Crippen LogP contribution in [-0.4, -0.2) is 50.4 Å². The molecule has 0 aromatic carbocycles. The lowest BCUT2D eigenvalue weighted by molar-refractivity contribution is -0.132. The van der Waals surface area contributed by atoms with E-state index >= 15 is 0 Å². The minimum Gasteiger partial charge on any atom is -0.409 e. The lowest BCUT2D eigenvalue weighted by Crippen LogP contribution is -2.53. The number of nitrogens with two attached hydrogens (primary N) is 1. The summed E-state index contributed by atoms with van der Waals surface area (Å²) < 4.78 is 10.4. The van der Waals surface area contributed by atoms with Gasteiger partial charge in [-0.3, -0.25) is 4.79 Å². The molecule has 7 heteroatoms. The van der Waals surface area contributed by atoms with Crippen LogP contribution in [0.15, 0.2) is 5.16 Å². The molecule has 2 aliphatic rings. The molecule has 1 saturated heterocycles. The third-order valence-electron chi connectivity index (χ3n) is 4.80. The topological polar surface area (TPSA) is 106 Å². The van der Waals surface area contributed by atoms with Crippen LogP contribution in [0.3, 0.4) is 0 Å². The van der Waals surface area contributed by atoms with Crippen molar-refractivity contribution in [2.24, 2.45) is 21.7 Å². The summed E-state index contributed by atoms with van der Waals surface area (Å²) in [6, 6.07) is 0. The fourth-order valence-electron chi connectivity index (χ4n) is 2.86. The van der Waals surface area contributed by atoms with Gasteiger partial charge in [-0.1, -0.05) is 5.16 Å². The molecule has 120 valence electrons. The van der Waals surface area contributed by atoms with E-state index in [1.807, 2.05) is 0 Å². The number of rotatable bonds is 7. The number of methoxy groups -OCH3 is 1. The standard InChI is InChI=1S/C14H25N3O4/c1-20-7-4-13(2-3-13)10-16-12(18)14(11(15)17-19)5-8-21-9-6-14/h19H,2-10H2,1H3,(H2,15,17)(H,16,18). The Morgan fingerprint density at radius 1 is 1.38 bits per heavy atom. The Labute approximate surface area is 124 Å². The quantitative estimate of drug-likeness (QED) is 0.274. The molecule has 0 aromatic heterocycles. The van der Waals surface area contributed by atoms with Crippen LogP contribution in [0, 0.1) is 10.8 Å². The highest BCUT2D eigenvalue weighted by atomic mass is 16.5. The van der Waals surface area contributed by atoms with E-state index in [-0.39, 0.29) is 17.2 Å². The molecule has 1 heterocycles. The summed E-state index contributed by atoms with van der Waals surface area (Å²) in [6.45, 7) is 2.21. The number of amides is 1. The monoisotopic (exact) mass is 299 g/mol. The first-order valence-electron chi connectivity index (χ1n) is 7.42. The molecule has 0 aromatic rings. The fraction of sp³-hybridized carbons (Fsp3) is 0.857. The van der Waals surface area contributed by atoms with Crippen molar-refractivity contribution in [1.29, 1.82) is 0 Å². The second-order valence-electron chi connectivity index (χ2n) is 6.11. The Bertz CT molecular complexity index is 401. The summed E-state index contributed by atoms with van der Waals surface area (Å²) in [5.74, 6) is -0.185. The molecule has 1 aliphatic carbocycles.